The number of hydrogen-bond donors (Lipinski definition) is 1. The molecule has 20 heavy (non-hydrogen) atoms. The second-order valence-corrected chi connectivity index (χ2v) is 5.69. The van der Waals surface area contributed by atoms with Gasteiger partial charge in [0.2, 0.25) is 5.91 Å². The number of rotatable bonds is 3. The summed E-state index contributed by atoms with van der Waals surface area (Å²) in [6.45, 7) is 2.87. The number of ether oxygens (including phenoxy) is 1. The molecule has 4 nitrogen and oxygen atoms in total. The van der Waals surface area contributed by atoms with Crippen molar-refractivity contribution in [2.45, 2.75) is 32.2 Å². The summed E-state index contributed by atoms with van der Waals surface area (Å²) < 4.78 is 5.28. The van der Waals surface area contributed by atoms with Crippen molar-refractivity contribution in [3.8, 4) is 5.75 Å². The molecule has 5 heteroatoms. The van der Waals surface area contributed by atoms with Crippen LogP contribution in [0.15, 0.2) is 12.1 Å². The molecule has 1 aromatic rings. The minimum atomic E-state index is -0.0653. The van der Waals surface area contributed by atoms with Gasteiger partial charge in [-0.05, 0) is 45.0 Å². The largest absolute Gasteiger partial charge is 0.495 e. The highest BCUT2D eigenvalue weighted by atomic mass is 35.5. The average molecular weight is 297 g/mol. The molecule has 1 heterocycles. The maximum absolute atomic E-state index is 12.4. The van der Waals surface area contributed by atoms with Crippen LogP contribution in [-0.4, -0.2) is 37.6 Å². The SMILES string of the molecule is COc1cc(Cl)c(C)cc1NC(=O)C1CCCCN1C. The molecule has 0 radical (unpaired) electrons. The van der Waals surface area contributed by atoms with Gasteiger partial charge in [0, 0.05) is 11.1 Å². The molecule has 1 N–H and O–H groups in total. The van der Waals surface area contributed by atoms with Gasteiger partial charge >= 0.3 is 0 Å². The zero-order chi connectivity index (χ0) is 14.7. The minimum absolute atomic E-state index is 0.0206. The Bertz CT molecular complexity index is 505. The molecule has 110 valence electrons. The number of likely N-dealkylation sites (tertiary alicyclic amines) is 1. The first-order valence-corrected chi connectivity index (χ1v) is 7.26. The Balaban J connectivity index is 2.16. The lowest BCUT2D eigenvalue weighted by Crippen LogP contribution is -2.44. The third-order valence-electron chi connectivity index (χ3n) is 3.81. The van der Waals surface area contributed by atoms with E-state index < -0.39 is 0 Å². The van der Waals surface area contributed by atoms with Crippen molar-refractivity contribution in [3.63, 3.8) is 0 Å². The van der Waals surface area contributed by atoms with Gasteiger partial charge in [-0.3, -0.25) is 9.69 Å². The van der Waals surface area contributed by atoms with Crippen molar-refractivity contribution in [1.29, 1.82) is 0 Å². The molecule has 1 unspecified atom stereocenters. The van der Waals surface area contributed by atoms with Gasteiger partial charge in [0.1, 0.15) is 5.75 Å². The maximum Gasteiger partial charge on any atom is 0.241 e. The highest BCUT2D eigenvalue weighted by molar-refractivity contribution is 6.31. The highest BCUT2D eigenvalue weighted by Crippen LogP contribution is 2.31. The molecule has 0 spiro atoms. The number of benzene rings is 1. The van der Waals surface area contributed by atoms with Crippen LogP contribution < -0.4 is 10.1 Å². The summed E-state index contributed by atoms with van der Waals surface area (Å²) in [4.78, 5) is 14.5. The van der Waals surface area contributed by atoms with Crippen molar-refractivity contribution in [1.82, 2.24) is 4.90 Å². The van der Waals surface area contributed by atoms with Crippen LogP contribution in [0.5, 0.6) is 5.75 Å². The molecule has 1 fully saturated rings. The van der Waals surface area contributed by atoms with Crippen molar-refractivity contribution in [3.05, 3.63) is 22.7 Å². The zero-order valence-electron chi connectivity index (χ0n) is 12.2. The highest BCUT2D eigenvalue weighted by Gasteiger charge is 2.26. The van der Waals surface area contributed by atoms with Crippen LogP contribution in [0.4, 0.5) is 5.69 Å². The molecule has 1 atom stereocenters. The summed E-state index contributed by atoms with van der Waals surface area (Å²) in [7, 11) is 3.57. The minimum Gasteiger partial charge on any atom is -0.495 e. The van der Waals surface area contributed by atoms with Gasteiger partial charge in [-0.1, -0.05) is 18.0 Å². The van der Waals surface area contributed by atoms with Crippen molar-refractivity contribution in [2.24, 2.45) is 0 Å². The van der Waals surface area contributed by atoms with E-state index >= 15 is 0 Å². The molecular formula is C15H21ClN2O2. The lowest BCUT2D eigenvalue weighted by molar-refractivity contribution is -0.121. The fourth-order valence-electron chi connectivity index (χ4n) is 2.55. The van der Waals surface area contributed by atoms with Gasteiger partial charge < -0.3 is 10.1 Å². The van der Waals surface area contributed by atoms with Gasteiger partial charge in [0.25, 0.3) is 0 Å². The predicted octanol–water partition coefficient (Wildman–Crippen LogP) is 3.08. The molecular weight excluding hydrogens is 276 g/mol. The monoisotopic (exact) mass is 296 g/mol. The number of aryl methyl sites for hydroxylation is 1. The second kappa shape index (κ2) is 6.46. The number of nitrogens with zero attached hydrogens (tertiary/aromatic N) is 1. The smallest absolute Gasteiger partial charge is 0.241 e. The van der Waals surface area contributed by atoms with E-state index in [0.29, 0.717) is 16.5 Å². The summed E-state index contributed by atoms with van der Waals surface area (Å²) in [5, 5.41) is 3.60. The number of nitrogens with one attached hydrogen (secondary N) is 1. The molecule has 0 aliphatic carbocycles. The first-order chi connectivity index (χ1) is 9.52. The summed E-state index contributed by atoms with van der Waals surface area (Å²) >= 11 is 6.07. The van der Waals surface area contributed by atoms with Gasteiger partial charge in [-0.15, -0.1) is 0 Å². The van der Waals surface area contributed by atoms with Crippen LogP contribution in [0.3, 0.4) is 0 Å². The van der Waals surface area contributed by atoms with E-state index in [0.717, 1.165) is 31.4 Å². The number of halogens is 1. The van der Waals surface area contributed by atoms with E-state index in [-0.39, 0.29) is 11.9 Å². The summed E-state index contributed by atoms with van der Waals surface area (Å²) in [6.07, 6.45) is 3.15. The van der Waals surface area contributed by atoms with Crippen molar-refractivity contribution >= 4 is 23.2 Å². The maximum atomic E-state index is 12.4. The summed E-state index contributed by atoms with van der Waals surface area (Å²) in [5.74, 6) is 0.611. The Morgan fingerprint density at radius 1 is 1.45 bits per heavy atom. The normalized spacial score (nSPS) is 19.7. The number of methoxy groups -OCH3 is 1. The quantitative estimate of drug-likeness (QED) is 0.932. The predicted molar refractivity (Wildman–Crippen MR) is 81.6 cm³/mol. The fourth-order valence-corrected chi connectivity index (χ4v) is 2.71. The number of piperidine rings is 1. The third kappa shape index (κ3) is 3.25. The second-order valence-electron chi connectivity index (χ2n) is 5.28. The number of likely N-dealkylation sites (N-methyl/N-ethyl adjacent to an activating group) is 1. The van der Waals surface area contributed by atoms with Crippen LogP contribution in [0.1, 0.15) is 24.8 Å². The van der Waals surface area contributed by atoms with Crippen molar-refractivity contribution in [2.75, 3.05) is 26.0 Å². The Hall–Kier alpha value is -1.26. The van der Waals surface area contributed by atoms with Gasteiger partial charge in [0.15, 0.2) is 0 Å². The first-order valence-electron chi connectivity index (χ1n) is 6.88. The number of anilines is 1. The molecule has 1 amide bonds. The summed E-state index contributed by atoms with van der Waals surface area (Å²) in [5.41, 5.74) is 1.60. The molecule has 1 saturated heterocycles. The lowest BCUT2D eigenvalue weighted by atomic mass is 10.0. The Morgan fingerprint density at radius 3 is 2.85 bits per heavy atom. The summed E-state index contributed by atoms with van der Waals surface area (Å²) in [6, 6.07) is 3.52. The Morgan fingerprint density at radius 2 is 2.20 bits per heavy atom. The van der Waals surface area contributed by atoms with E-state index in [9.17, 15) is 4.79 Å². The first kappa shape index (κ1) is 15.1. The van der Waals surface area contributed by atoms with Gasteiger partial charge in [-0.2, -0.15) is 0 Å². The number of amides is 1. The van der Waals surface area contributed by atoms with E-state index in [1.807, 2.05) is 20.0 Å². The van der Waals surface area contributed by atoms with Crippen LogP contribution in [0, 0.1) is 6.92 Å². The van der Waals surface area contributed by atoms with E-state index in [2.05, 4.69) is 10.2 Å². The van der Waals surface area contributed by atoms with Crippen LogP contribution in [0.2, 0.25) is 5.02 Å². The lowest BCUT2D eigenvalue weighted by Gasteiger charge is -2.31. The van der Waals surface area contributed by atoms with E-state index in [4.69, 9.17) is 16.3 Å². The van der Waals surface area contributed by atoms with Crippen LogP contribution in [0.25, 0.3) is 0 Å². The number of carbonyl (C=O) groups is 1. The molecule has 2 rings (SSSR count). The van der Waals surface area contributed by atoms with Gasteiger partial charge in [0.05, 0.1) is 18.8 Å². The standard InChI is InChI=1S/C15H21ClN2O2/c1-10-8-12(14(20-3)9-11(10)16)17-15(19)13-6-4-5-7-18(13)2/h8-9,13H,4-7H2,1-3H3,(H,17,19). The Labute approximate surface area is 125 Å². The molecule has 0 bridgehead atoms. The van der Waals surface area contributed by atoms with E-state index in [1.54, 1.807) is 13.2 Å². The topological polar surface area (TPSA) is 41.6 Å². The molecule has 0 aromatic heterocycles. The number of carbonyl (C=O) groups excluding carboxylic acids is 1. The van der Waals surface area contributed by atoms with Crippen LogP contribution in [-0.2, 0) is 4.79 Å². The molecule has 0 saturated carbocycles. The number of hydrogen-bond acceptors (Lipinski definition) is 3. The van der Waals surface area contributed by atoms with Crippen molar-refractivity contribution < 1.29 is 9.53 Å². The molecule has 1 aliphatic heterocycles. The average Bonchev–Trinajstić information content (AvgIpc) is 2.43. The third-order valence-corrected chi connectivity index (χ3v) is 4.22. The molecule has 1 aliphatic rings. The fraction of sp³-hybridized carbons (Fsp3) is 0.533. The zero-order valence-corrected chi connectivity index (χ0v) is 13.0. The van der Waals surface area contributed by atoms with E-state index in [1.165, 1.54) is 0 Å². The molecule has 1 aromatic carbocycles. The Kier molecular flexibility index (Phi) is 4.89. The van der Waals surface area contributed by atoms with Gasteiger partial charge in [-0.25, -0.2) is 0 Å². The van der Waals surface area contributed by atoms with Crippen LogP contribution >= 0.6 is 11.6 Å².